The molecule has 0 bridgehead atoms. The van der Waals surface area contributed by atoms with Gasteiger partial charge in [0, 0.05) is 37.2 Å². The Morgan fingerprint density at radius 2 is 0.885 bits per heavy atom. The van der Waals surface area contributed by atoms with Gasteiger partial charge in [0.15, 0.2) is 0 Å². The second-order valence-electron chi connectivity index (χ2n) is 16.1. The molecule has 0 saturated heterocycles. The van der Waals surface area contributed by atoms with Crippen LogP contribution in [-0.4, -0.2) is 0 Å². The summed E-state index contributed by atoms with van der Waals surface area (Å²) in [4.78, 5) is 2.45. The van der Waals surface area contributed by atoms with Crippen LogP contribution in [0.25, 0.3) is 64.3 Å². The Morgan fingerprint density at radius 3 is 1.69 bits per heavy atom. The van der Waals surface area contributed by atoms with Gasteiger partial charge in [0.2, 0.25) is 0 Å². The van der Waals surface area contributed by atoms with Gasteiger partial charge in [-0.05, 0) is 127 Å². The van der Waals surface area contributed by atoms with Crippen molar-refractivity contribution < 1.29 is 0 Å². The largest absolute Gasteiger partial charge is 0.310 e. The molecule has 10 aromatic carbocycles. The van der Waals surface area contributed by atoms with Crippen molar-refractivity contribution in [2.45, 2.75) is 5.41 Å². The molecule has 0 aliphatic heterocycles. The lowest BCUT2D eigenvalue weighted by Gasteiger charge is -2.35. The highest BCUT2D eigenvalue weighted by atomic mass is 32.1. The first-order valence-corrected chi connectivity index (χ1v) is 21.8. The minimum Gasteiger partial charge on any atom is -0.310 e. The van der Waals surface area contributed by atoms with E-state index in [9.17, 15) is 0 Å². The summed E-state index contributed by atoms with van der Waals surface area (Å²) in [7, 11) is 0. The van der Waals surface area contributed by atoms with Gasteiger partial charge in [-0.3, -0.25) is 0 Å². The molecule has 0 fully saturated rings. The SMILES string of the molecule is c1ccc(C2(c3ccccc3)c3ccccc3-c3ccc(N(c4ccc(-c5cccc(-c6ccc7ccccc7c6)c5)cc4)c4ccc5sc6ccccc6c5c4)cc32)cc1. The van der Waals surface area contributed by atoms with Crippen LogP contribution < -0.4 is 4.90 Å². The molecule has 0 atom stereocenters. The fraction of sp³-hybridized carbons (Fsp3) is 0.0169. The summed E-state index contributed by atoms with van der Waals surface area (Å²) in [5, 5.41) is 5.08. The van der Waals surface area contributed by atoms with Gasteiger partial charge in [-0.25, -0.2) is 0 Å². The highest BCUT2D eigenvalue weighted by molar-refractivity contribution is 7.25. The zero-order chi connectivity index (χ0) is 40.3. The first-order valence-electron chi connectivity index (χ1n) is 21.0. The van der Waals surface area contributed by atoms with Crippen molar-refractivity contribution in [2.75, 3.05) is 4.90 Å². The number of rotatable bonds is 7. The third-order valence-corrected chi connectivity index (χ3v) is 13.9. The first-order chi connectivity index (χ1) is 30.2. The molecule has 61 heavy (non-hydrogen) atoms. The molecule has 0 unspecified atom stereocenters. The molecular formula is C59H39NS. The van der Waals surface area contributed by atoms with Gasteiger partial charge in [-0.15, -0.1) is 11.3 Å². The quantitative estimate of drug-likeness (QED) is 0.155. The lowest BCUT2D eigenvalue weighted by molar-refractivity contribution is 0.768. The van der Waals surface area contributed by atoms with Crippen molar-refractivity contribution in [3.63, 3.8) is 0 Å². The van der Waals surface area contributed by atoms with Gasteiger partial charge in [0.25, 0.3) is 0 Å². The number of anilines is 3. The van der Waals surface area contributed by atoms with Gasteiger partial charge in [0.05, 0.1) is 5.41 Å². The van der Waals surface area contributed by atoms with Gasteiger partial charge in [0.1, 0.15) is 0 Å². The smallest absolute Gasteiger partial charge is 0.0714 e. The molecule has 0 spiro atoms. The van der Waals surface area contributed by atoms with Crippen LogP contribution >= 0.6 is 11.3 Å². The summed E-state index contributed by atoms with van der Waals surface area (Å²) in [6.07, 6.45) is 0. The van der Waals surface area contributed by atoms with Gasteiger partial charge in [-0.2, -0.15) is 0 Å². The van der Waals surface area contributed by atoms with Crippen LogP contribution in [0.2, 0.25) is 0 Å². The maximum Gasteiger partial charge on any atom is 0.0714 e. The van der Waals surface area contributed by atoms with E-state index in [4.69, 9.17) is 0 Å². The van der Waals surface area contributed by atoms with E-state index in [2.05, 4.69) is 241 Å². The number of nitrogens with zero attached hydrogens (tertiary/aromatic N) is 1. The molecule has 0 saturated carbocycles. The Labute approximate surface area is 360 Å². The molecule has 1 aliphatic rings. The molecule has 12 rings (SSSR count). The molecule has 2 heteroatoms. The number of hydrogen-bond acceptors (Lipinski definition) is 2. The van der Waals surface area contributed by atoms with Gasteiger partial charge < -0.3 is 4.90 Å². The van der Waals surface area contributed by atoms with E-state index in [1.807, 2.05) is 11.3 Å². The maximum absolute atomic E-state index is 2.46. The lowest BCUT2D eigenvalue weighted by Crippen LogP contribution is -2.28. The minimum atomic E-state index is -0.496. The molecule has 0 N–H and O–H groups in total. The fourth-order valence-electron chi connectivity index (χ4n) is 9.92. The number of thiophene rings is 1. The highest BCUT2D eigenvalue weighted by Gasteiger charge is 2.46. The average Bonchev–Trinajstić information content (AvgIpc) is 3.86. The Bertz CT molecular complexity index is 3380. The van der Waals surface area contributed by atoms with Gasteiger partial charge >= 0.3 is 0 Å². The van der Waals surface area contributed by atoms with Crippen LogP contribution in [0.1, 0.15) is 22.3 Å². The molecule has 11 aromatic rings. The van der Waals surface area contributed by atoms with Crippen molar-refractivity contribution in [1.82, 2.24) is 0 Å². The summed E-state index contributed by atoms with van der Waals surface area (Å²) in [5.41, 5.74) is 15.3. The van der Waals surface area contributed by atoms with Crippen molar-refractivity contribution in [2.24, 2.45) is 0 Å². The van der Waals surface area contributed by atoms with Crippen LogP contribution in [0.3, 0.4) is 0 Å². The summed E-state index contributed by atoms with van der Waals surface area (Å²) >= 11 is 1.86. The summed E-state index contributed by atoms with van der Waals surface area (Å²) < 4.78 is 2.60. The van der Waals surface area contributed by atoms with Crippen LogP contribution in [-0.2, 0) is 5.41 Å². The van der Waals surface area contributed by atoms with Crippen LogP contribution in [0.15, 0.2) is 237 Å². The average molecular weight is 794 g/mol. The number of fused-ring (bicyclic) bond motifs is 7. The van der Waals surface area contributed by atoms with E-state index in [1.165, 1.54) is 86.6 Å². The third-order valence-electron chi connectivity index (χ3n) is 12.7. The molecule has 1 aromatic heterocycles. The normalized spacial score (nSPS) is 12.7. The predicted octanol–water partition coefficient (Wildman–Crippen LogP) is 16.4. The van der Waals surface area contributed by atoms with E-state index in [1.54, 1.807) is 0 Å². The molecular weight excluding hydrogens is 755 g/mol. The highest BCUT2D eigenvalue weighted by Crippen LogP contribution is 2.57. The van der Waals surface area contributed by atoms with Crippen molar-refractivity contribution in [3.05, 3.63) is 259 Å². The Morgan fingerprint density at radius 1 is 0.311 bits per heavy atom. The zero-order valence-corrected chi connectivity index (χ0v) is 34.2. The summed E-state index contributed by atoms with van der Waals surface area (Å²) in [6, 6.07) is 87.4. The van der Waals surface area contributed by atoms with Gasteiger partial charge in [-0.1, -0.05) is 176 Å². The molecule has 0 amide bonds. The standard InChI is InChI=1S/C59H39NS/c1-3-18-46(19-4-1)59(47-20-5-2-6-21-47)55-24-11-9-22-51(55)52-34-32-50(39-56(52)59)60(49-33-35-58-54(38-49)53-23-10-12-25-57(53)61-58)48-30-28-41(29-31-48)43-16-13-17-44(36-43)45-27-26-40-14-7-8-15-42(40)37-45/h1-39H. The maximum atomic E-state index is 2.46. The molecule has 1 heterocycles. The van der Waals surface area contributed by atoms with E-state index >= 15 is 0 Å². The van der Waals surface area contributed by atoms with Crippen molar-refractivity contribution in [1.29, 1.82) is 0 Å². The topological polar surface area (TPSA) is 3.24 Å². The van der Waals surface area contributed by atoms with E-state index in [0.717, 1.165) is 17.1 Å². The fourth-order valence-corrected chi connectivity index (χ4v) is 11.0. The Hall–Kier alpha value is -7.52. The molecule has 0 radical (unpaired) electrons. The first kappa shape index (κ1) is 35.4. The van der Waals surface area contributed by atoms with Crippen LogP contribution in [0.5, 0.6) is 0 Å². The van der Waals surface area contributed by atoms with E-state index in [0.29, 0.717) is 0 Å². The van der Waals surface area contributed by atoms with E-state index < -0.39 is 5.41 Å². The van der Waals surface area contributed by atoms with Crippen molar-refractivity contribution >= 4 is 59.3 Å². The zero-order valence-electron chi connectivity index (χ0n) is 33.4. The third kappa shape index (κ3) is 5.75. The number of hydrogen-bond donors (Lipinski definition) is 0. The van der Waals surface area contributed by atoms with E-state index in [-0.39, 0.29) is 0 Å². The van der Waals surface area contributed by atoms with Crippen molar-refractivity contribution in [3.8, 4) is 33.4 Å². The number of benzene rings is 10. The Kier molecular flexibility index (Phi) is 8.33. The minimum absolute atomic E-state index is 0.496. The molecule has 1 aliphatic carbocycles. The lowest BCUT2D eigenvalue weighted by atomic mass is 9.67. The van der Waals surface area contributed by atoms with Crippen LogP contribution in [0, 0.1) is 0 Å². The van der Waals surface area contributed by atoms with Crippen LogP contribution in [0.4, 0.5) is 17.1 Å². The summed E-state index contributed by atoms with van der Waals surface area (Å²) in [6.45, 7) is 0. The molecule has 1 nitrogen and oxygen atoms in total. The second kappa shape index (κ2) is 14.3. The monoisotopic (exact) mass is 793 g/mol. The summed E-state index contributed by atoms with van der Waals surface area (Å²) in [5.74, 6) is 0. The molecule has 286 valence electrons. The predicted molar refractivity (Wildman–Crippen MR) is 260 cm³/mol. The Balaban J connectivity index is 1.03. The second-order valence-corrected chi connectivity index (χ2v) is 17.1.